The Balaban J connectivity index is 3.25. The molecule has 0 bridgehead atoms. The largest absolute Gasteiger partial charge is 0.450 e. The maximum Gasteiger partial charge on any atom is 0.407 e. The van der Waals surface area contributed by atoms with E-state index in [0.29, 0.717) is 6.61 Å². The number of unbranched alkanes of at least 4 members (excludes halogenated alkanes) is 6. The topological polar surface area (TPSA) is 38.3 Å². The fourth-order valence-corrected chi connectivity index (χ4v) is 1.57. The number of alkyl carbamates (subject to hydrolysis) is 1. The first-order chi connectivity index (χ1) is 7.95. The van der Waals surface area contributed by atoms with Crippen LogP contribution in [0.25, 0.3) is 0 Å². The quantitative estimate of drug-likeness (QED) is 0.647. The summed E-state index contributed by atoms with van der Waals surface area (Å²) in [7, 11) is 0. The van der Waals surface area contributed by atoms with Crippen LogP contribution in [0.5, 0.6) is 0 Å². The molecular weight excluding hydrogens is 214 g/mol. The van der Waals surface area contributed by atoms with E-state index < -0.39 is 0 Å². The van der Waals surface area contributed by atoms with E-state index in [2.05, 4.69) is 12.2 Å². The van der Waals surface area contributed by atoms with Crippen LogP contribution in [0.15, 0.2) is 0 Å². The van der Waals surface area contributed by atoms with Gasteiger partial charge in [-0.3, -0.25) is 0 Å². The Morgan fingerprint density at radius 1 is 1.00 bits per heavy atom. The summed E-state index contributed by atoms with van der Waals surface area (Å²) in [4.78, 5) is 11.3. The van der Waals surface area contributed by atoms with Crippen molar-refractivity contribution in [1.29, 1.82) is 0 Å². The first-order valence-corrected chi connectivity index (χ1v) is 6.90. The summed E-state index contributed by atoms with van der Waals surface area (Å²) in [6.45, 7) is 8.60. The van der Waals surface area contributed by atoms with E-state index >= 15 is 0 Å². The Morgan fingerprint density at radius 2 is 1.53 bits per heavy atom. The Hall–Kier alpha value is -0.730. The first-order valence-electron chi connectivity index (χ1n) is 6.90. The second kappa shape index (κ2) is 9.32. The number of nitrogens with one attached hydrogen (secondary N) is 1. The molecule has 17 heavy (non-hydrogen) atoms. The van der Waals surface area contributed by atoms with Gasteiger partial charge in [-0.25, -0.2) is 4.79 Å². The standard InChI is InChI=1S/C14H29NO2/c1-5-6-7-8-9-10-11-12-17-13(16)15-14(2,3)4/h5-12H2,1-4H3,(H,15,16). The summed E-state index contributed by atoms with van der Waals surface area (Å²) < 4.78 is 5.10. The highest BCUT2D eigenvalue weighted by molar-refractivity contribution is 5.67. The average Bonchev–Trinajstić information content (AvgIpc) is 2.19. The Morgan fingerprint density at radius 3 is 2.06 bits per heavy atom. The number of carbonyl (C=O) groups excluding carboxylic acids is 1. The van der Waals surface area contributed by atoms with Crippen molar-refractivity contribution in [1.82, 2.24) is 5.32 Å². The highest BCUT2D eigenvalue weighted by atomic mass is 16.5. The summed E-state index contributed by atoms with van der Waals surface area (Å²) in [6.07, 6.45) is 8.36. The molecule has 3 heteroatoms. The number of amides is 1. The Bertz CT molecular complexity index is 197. The van der Waals surface area contributed by atoms with Crippen molar-refractivity contribution in [3.05, 3.63) is 0 Å². The second-order valence-corrected chi connectivity index (χ2v) is 5.63. The molecule has 0 fully saturated rings. The van der Waals surface area contributed by atoms with Gasteiger partial charge in [0.15, 0.2) is 0 Å². The van der Waals surface area contributed by atoms with Gasteiger partial charge in [-0.05, 0) is 27.2 Å². The Labute approximate surface area is 106 Å². The fourth-order valence-electron chi connectivity index (χ4n) is 1.57. The molecule has 102 valence electrons. The van der Waals surface area contributed by atoms with Gasteiger partial charge in [-0.2, -0.15) is 0 Å². The molecule has 0 radical (unpaired) electrons. The zero-order valence-corrected chi connectivity index (χ0v) is 12.0. The van der Waals surface area contributed by atoms with Crippen LogP contribution >= 0.6 is 0 Å². The van der Waals surface area contributed by atoms with Crippen LogP contribution in [0.2, 0.25) is 0 Å². The normalized spacial score (nSPS) is 11.3. The lowest BCUT2D eigenvalue weighted by Gasteiger charge is -2.19. The molecular formula is C14H29NO2. The third-order valence-electron chi connectivity index (χ3n) is 2.46. The number of hydrogen-bond donors (Lipinski definition) is 1. The third kappa shape index (κ3) is 13.2. The number of ether oxygens (including phenoxy) is 1. The van der Waals surface area contributed by atoms with Crippen molar-refractivity contribution in [3.63, 3.8) is 0 Å². The summed E-state index contributed by atoms with van der Waals surface area (Å²) in [5.41, 5.74) is -0.211. The summed E-state index contributed by atoms with van der Waals surface area (Å²) in [6, 6.07) is 0. The summed E-state index contributed by atoms with van der Waals surface area (Å²) >= 11 is 0. The number of rotatable bonds is 8. The average molecular weight is 243 g/mol. The molecule has 0 saturated carbocycles. The van der Waals surface area contributed by atoms with Gasteiger partial charge in [0.2, 0.25) is 0 Å². The van der Waals surface area contributed by atoms with E-state index in [1.165, 1.54) is 32.1 Å². The minimum Gasteiger partial charge on any atom is -0.450 e. The van der Waals surface area contributed by atoms with Gasteiger partial charge in [-0.1, -0.05) is 45.4 Å². The van der Waals surface area contributed by atoms with Crippen LogP contribution in [-0.4, -0.2) is 18.2 Å². The van der Waals surface area contributed by atoms with Crippen LogP contribution in [0.3, 0.4) is 0 Å². The molecule has 0 aliphatic heterocycles. The third-order valence-corrected chi connectivity index (χ3v) is 2.46. The van der Waals surface area contributed by atoms with Crippen LogP contribution in [0.4, 0.5) is 4.79 Å². The van der Waals surface area contributed by atoms with Crippen molar-refractivity contribution >= 4 is 6.09 Å². The maximum absolute atomic E-state index is 11.3. The molecule has 0 unspecified atom stereocenters. The van der Waals surface area contributed by atoms with Crippen molar-refractivity contribution in [3.8, 4) is 0 Å². The second-order valence-electron chi connectivity index (χ2n) is 5.63. The van der Waals surface area contributed by atoms with Crippen molar-refractivity contribution < 1.29 is 9.53 Å². The summed E-state index contributed by atoms with van der Waals surface area (Å²) in [5, 5.41) is 2.78. The minimum absolute atomic E-state index is 0.211. The van der Waals surface area contributed by atoms with Crippen LogP contribution in [0.1, 0.15) is 72.6 Å². The minimum atomic E-state index is -0.302. The van der Waals surface area contributed by atoms with Gasteiger partial charge in [0.1, 0.15) is 0 Å². The molecule has 0 rings (SSSR count). The predicted octanol–water partition coefficient (Wildman–Crippen LogP) is 4.26. The molecule has 0 aromatic carbocycles. The molecule has 3 nitrogen and oxygen atoms in total. The van der Waals surface area contributed by atoms with Gasteiger partial charge < -0.3 is 10.1 Å². The lowest BCUT2D eigenvalue weighted by Crippen LogP contribution is -2.41. The SMILES string of the molecule is CCCCCCCCCOC(=O)NC(C)(C)C. The Kier molecular flexibility index (Phi) is 8.92. The molecule has 0 atom stereocenters. The number of hydrogen-bond acceptors (Lipinski definition) is 2. The van der Waals surface area contributed by atoms with E-state index in [-0.39, 0.29) is 11.6 Å². The van der Waals surface area contributed by atoms with E-state index in [1.807, 2.05) is 20.8 Å². The molecule has 1 amide bonds. The molecule has 0 aliphatic carbocycles. The van der Waals surface area contributed by atoms with Crippen molar-refractivity contribution in [2.45, 2.75) is 78.2 Å². The van der Waals surface area contributed by atoms with Gasteiger partial charge in [0.05, 0.1) is 6.61 Å². The van der Waals surface area contributed by atoms with Crippen LogP contribution in [0, 0.1) is 0 Å². The van der Waals surface area contributed by atoms with Crippen LogP contribution in [-0.2, 0) is 4.74 Å². The first kappa shape index (κ1) is 16.3. The smallest absolute Gasteiger partial charge is 0.407 e. The fraction of sp³-hybridized carbons (Fsp3) is 0.929. The lowest BCUT2D eigenvalue weighted by molar-refractivity contribution is 0.135. The molecule has 0 spiro atoms. The van der Waals surface area contributed by atoms with Gasteiger partial charge in [0.25, 0.3) is 0 Å². The maximum atomic E-state index is 11.3. The van der Waals surface area contributed by atoms with Gasteiger partial charge in [-0.15, -0.1) is 0 Å². The lowest BCUT2D eigenvalue weighted by atomic mass is 10.1. The zero-order chi connectivity index (χ0) is 13.1. The van der Waals surface area contributed by atoms with Crippen LogP contribution < -0.4 is 5.32 Å². The molecule has 0 aromatic heterocycles. The van der Waals surface area contributed by atoms with E-state index in [9.17, 15) is 4.79 Å². The van der Waals surface area contributed by atoms with Gasteiger partial charge >= 0.3 is 6.09 Å². The molecule has 0 saturated heterocycles. The van der Waals surface area contributed by atoms with Crippen molar-refractivity contribution in [2.24, 2.45) is 0 Å². The molecule has 0 aromatic rings. The highest BCUT2D eigenvalue weighted by Gasteiger charge is 2.13. The summed E-state index contributed by atoms with van der Waals surface area (Å²) in [5.74, 6) is 0. The van der Waals surface area contributed by atoms with E-state index in [0.717, 1.165) is 12.8 Å². The monoisotopic (exact) mass is 243 g/mol. The van der Waals surface area contributed by atoms with Gasteiger partial charge in [0, 0.05) is 5.54 Å². The predicted molar refractivity (Wildman–Crippen MR) is 72.2 cm³/mol. The highest BCUT2D eigenvalue weighted by Crippen LogP contribution is 2.07. The van der Waals surface area contributed by atoms with E-state index in [4.69, 9.17) is 4.74 Å². The number of carbonyl (C=O) groups is 1. The molecule has 0 aliphatic rings. The molecule has 1 N–H and O–H groups in total. The van der Waals surface area contributed by atoms with E-state index in [1.54, 1.807) is 0 Å². The zero-order valence-electron chi connectivity index (χ0n) is 12.0. The van der Waals surface area contributed by atoms with Crippen molar-refractivity contribution in [2.75, 3.05) is 6.61 Å². The molecule has 0 heterocycles.